The van der Waals surface area contributed by atoms with Gasteiger partial charge in [-0.05, 0) is 43.5 Å². The first kappa shape index (κ1) is 15.5. The quantitative estimate of drug-likeness (QED) is 0.921. The summed E-state index contributed by atoms with van der Waals surface area (Å²) in [7, 11) is 0. The predicted octanol–water partition coefficient (Wildman–Crippen LogP) is 3.05. The van der Waals surface area contributed by atoms with Crippen LogP contribution in [0, 0.1) is 11.6 Å². The molecule has 2 rings (SSSR count). The molecule has 3 nitrogen and oxygen atoms in total. The van der Waals surface area contributed by atoms with E-state index in [2.05, 4.69) is 9.97 Å². The number of aryl methyl sites for hydroxylation is 2. The molecule has 0 saturated carbocycles. The maximum absolute atomic E-state index is 13.4. The summed E-state index contributed by atoms with van der Waals surface area (Å²) in [5.41, 5.74) is 8.85. The second-order valence-corrected chi connectivity index (χ2v) is 4.82. The number of rotatable bonds is 5. The molecule has 2 aromatic rings. The van der Waals surface area contributed by atoms with E-state index in [4.69, 9.17) is 5.73 Å². The van der Waals surface area contributed by atoms with Crippen molar-refractivity contribution >= 4 is 0 Å². The standard InChI is InChI=1S/C16H19F2N3/c1-3-14-13(5-6-19)15(4-2)21-16(20-14)10-7-11(17)9-12(18)8-10/h7-9H,3-6,19H2,1-2H3. The minimum atomic E-state index is -0.629. The third-order valence-electron chi connectivity index (χ3n) is 3.36. The van der Waals surface area contributed by atoms with Crippen molar-refractivity contribution in [2.75, 3.05) is 6.54 Å². The molecule has 0 unspecified atom stereocenters. The van der Waals surface area contributed by atoms with E-state index >= 15 is 0 Å². The summed E-state index contributed by atoms with van der Waals surface area (Å²) in [6.07, 6.45) is 2.18. The van der Waals surface area contributed by atoms with Crippen LogP contribution in [-0.4, -0.2) is 16.5 Å². The lowest BCUT2D eigenvalue weighted by atomic mass is 10.0. The monoisotopic (exact) mass is 291 g/mol. The van der Waals surface area contributed by atoms with Crippen molar-refractivity contribution in [1.29, 1.82) is 0 Å². The van der Waals surface area contributed by atoms with E-state index in [1.807, 2.05) is 13.8 Å². The second kappa shape index (κ2) is 6.72. The van der Waals surface area contributed by atoms with E-state index in [1.54, 1.807) is 0 Å². The maximum atomic E-state index is 13.4. The smallest absolute Gasteiger partial charge is 0.159 e. The van der Waals surface area contributed by atoms with Crippen LogP contribution in [0.2, 0.25) is 0 Å². The molecule has 0 spiro atoms. The van der Waals surface area contributed by atoms with Gasteiger partial charge in [0.15, 0.2) is 5.82 Å². The number of halogens is 2. The summed E-state index contributed by atoms with van der Waals surface area (Å²) < 4.78 is 26.7. The van der Waals surface area contributed by atoms with Crippen LogP contribution < -0.4 is 5.73 Å². The normalized spacial score (nSPS) is 10.9. The van der Waals surface area contributed by atoms with E-state index in [0.717, 1.165) is 35.9 Å². The van der Waals surface area contributed by atoms with Gasteiger partial charge < -0.3 is 5.73 Å². The summed E-state index contributed by atoms with van der Waals surface area (Å²) in [4.78, 5) is 8.94. The van der Waals surface area contributed by atoms with Gasteiger partial charge in [0.25, 0.3) is 0 Å². The van der Waals surface area contributed by atoms with Gasteiger partial charge in [-0.25, -0.2) is 18.7 Å². The molecule has 1 aromatic carbocycles. The zero-order valence-corrected chi connectivity index (χ0v) is 12.3. The molecule has 0 amide bonds. The van der Waals surface area contributed by atoms with Crippen LogP contribution in [0.1, 0.15) is 30.8 Å². The van der Waals surface area contributed by atoms with Crippen molar-refractivity contribution in [1.82, 2.24) is 9.97 Å². The Bertz CT molecular complexity index is 596. The molecule has 0 aliphatic rings. The molecule has 0 bridgehead atoms. The summed E-state index contributed by atoms with van der Waals surface area (Å²) in [6, 6.07) is 3.34. The Balaban J connectivity index is 2.59. The Hall–Kier alpha value is -1.88. The lowest BCUT2D eigenvalue weighted by Crippen LogP contribution is -2.12. The maximum Gasteiger partial charge on any atom is 0.159 e. The van der Waals surface area contributed by atoms with Crippen LogP contribution in [0.15, 0.2) is 18.2 Å². The van der Waals surface area contributed by atoms with Gasteiger partial charge in [0, 0.05) is 23.0 Å². The Morgan fingerprint density at radius 2 is 1.48 bits per heavy atom. The fraction of sp³-hybridized carbons (Fsp3) is 0.375. The second-order valence-electron chi connectivity index (χ2n) is 4.82. The van der Waals surface area contributed by atoms with Gasteiger partial charge in [-0.3, -0.25) is 0 Å². The van der Waals surface area contributed by atoms with Gasteiger partial charge in [0.2, 0.25) is 0 Å². The third kappa shape index (κ3) is 3.42. The first-order valence-electron chi connectivity index (χ1n) is 7.14. The molecular formula is C16H19F2N3. The molecule has 2 N–H and O–H groups in total. The highest BCUT2D eigenvalue weighted by molar-refractivity contribution is 5.56. The Kier molecular flexibility index (Phi) is 4.96. The molecule has 1 heterocycles. The molecule has 0 radical (unpaired) electrons. The van der Waals surface area contributed by atoms with E-state index in [-0.39, 0.29) is 0 Å². The first-order chi connectivity index (χ1) is 10.1. The van der Waals surface area contributed by atoms with Gasteiger partial charge in [-0.15, -0.1) is 0 Å². The summed E-state index contributed by atoms with van der Waals surface area (Å²) in [6.45, 7) is 4.52. The topological polar surface area (TPSA) is 51.8 Å². The number of aromatic nitrogens is 2. The van der Waals surface area contributed by atoms with Crippen LogP contribution in [-0.2, 0) is 19.3 Å². The zero-order chi connectivity index (χ0) is 15.4. The minimum absolute atomic E-state index is 0.358. The van der Waals surface area contributed by atoms with E-state index in [1.165, 1.54) is 12.1 Å². The largest absolute Gasteiger partial charge is 0.330 e. The van der Waals surface area contributed by atoms with E-state index in [9.17, 15) is 8.78 Å². The third-order valence-corrected chi connectivity index (χ3v) is 3.36. The molecule has 112 valence electrons. The van der Waals surface area contributed by atoms with Gasteiger partial charge in [0.1, 0.15) is 11.6 Å². The highest BCUT2D eigenvalue weighted by atomic mass is 19.1. The minimum Gasteiger partial charge on any atom is -0.330 e. The Morgan fingerprint density at radius 3 is 1.90 bits per heavy atom. The van der Waals surface area contributed by atoms with Crippen molar-refractivity contribution < 1.29 is 8.78 Å². The molecule has 0 saturated heterocycles. The number of nitrogens with zero attached hydrogens (tertiary/aromatic N) is 2. The van der Waals surface area contributed by atoms with E-state index < -0.39 is 11.6 Å². The molecule has 0 aliphatic heterocycles. The molecule has 0 aliphatic carbocycles. The molecular weight excluding hydrogens is 272 g/mol. The van der Waals surface area contributed by atoms with Crippen LogP contribution >= 0.6 is 0 Å². The molecule has 21 heavy (non-hydrogen) atoms. The Morgan fingerprint density at radius 1 is 0.952 bits per heavy atom. The van der Waals surface area contributed by atoms with Crippen molar-refractivity contribution in [2.24, 2.45) is 5.73 Å². The fourth-order valence-electron chi connectivity index (χ4n) is 2.41. The van der Waals surface area contributed by atoms with Gasteiger partial charge in [-0.2, -0.15) is 0 Å². The average Bonchev–Trinajstić information content (AvgIpc) is 2.46. The number of benzene rings is 1. The highest BCUT2D eigenvalue weighted by Crippen LogP contribution is 2.22. The lowest BCUT2D eigenvalue weighted by Gasteiger charge is -2.13. The average molecular weight is 291 g/mol. The number of hydrogen-bond donors (Lipinski definition) is 1. The predicted molar refractivity (Wildman–Crippen MR) is 78.9 cm³/mol. The summed E-state index contributed by atoms with van der Waals surface area (Å²) in [5.74, 6) is -0.894. The van der Waals surface area contributed by atoms with Crippen LogP contribution in [0.25, 0.3) is 11.4 Å². The SMILES string of the molecule is CCc1nc(-c2cc(F)cc(F)c2)nc(CC)c1CCN. The van der Waals surface area contributed by atoms with Crippen LogP contribution in [0.3, 0.4) is 0 Å². The van der Waals surface area contributed by atoms with Crippen molar-refractivity contribution in [2.45, 2.75) is 33.1 Å². The Labute approximate surface area is 123 Å². The number of nitrogens with two attached hydrogens (primary N) is 1. The van der Waals surface area contributed by atoms with Crippen LogP contribution in [0.4, 0.5) is 8.78 Å². The van der Waals surface area contributed by atoms with Crippen molar-refractivity contribution in [3.63, 3.8) is 0 Å². The zero-order valence-electron chi connectivity index (χ0n) is 12.3. The molecule has 0 atom stereocenters. The lowest BCUT2D eigenvalue weighted by molar-refractivity contribution is 0.584. The highest BCUT2D eigenvalue weighted by Gasteiger charge is 2.14. The van der Waals surface area contributed by atoms with Crippen molar-refractivity contribution in [3.8, 4) is 11.4 Å². The summed E-state index contributed by atoms with van der Waals surface area (Å²) in [5, 5.41) is 0. The fourth-order valence-corrected chi connectivity index (χ4v) is 2.41. The van der Waals surface area contributed by atoms with Crippen LogP contribution in [0.5, 0.6) is 0 Å². The molecule has 1 aromatic heterocycles. The van der Waals surface area contributed by atoms with Gasteiger partial charge in [0.05, 0.1) is 0 Å². The molecule has 0 fully saturated rings. The summed E-state index contributed by atoms with van der Waals surface area (Å²) >= 11 is 0. The van der Waals surface area contributed by atoms with Gasteiger partial charge >= 0.3 is 0 Å². The van der Waals surface area contributed by atoms with Crippen molar-refractivity contribution in [3.05, 3.63) is 46.8 Å². The number of hydrogen-bond acceptors (Lipinski definition) is 3. The first-order valence-corrected chi connectivity index (χ1v) is 7.14. The molecule has 5 heteroatoms. The van der Waals surface area contributed by atoms with E-state index in [0.29, 0.717) is 24.4 Å². The van der Waals surface area contributed by atoms with Gasteiger partial charge in [-0.1, -0.05) is 13.8 Å².